The molecule has 0 atom stereocenters. The number of fused-ring (bicyclic) bond motifs is 1. The van der Waals surface area contributed by atoms with Crippen LogP contribution in [0.25, 0.3) is 10.8 Å². The van der Waals surface area contributed by atoms with Crippen molar-refractivity contribution >= 4 is 10.8 Å². The first-order valence-corrected chi connectivity index (χ1v) is 5.21. The van der Waals surface area contributed by atoms with Crippen LogP contribution in [0, 0.1) is 5.82 Å². The van der Waals surface area contributed by atoms with Crippen molar-refractivity contribution in [1.29, 1.82) is 0 Å². The lowest BCUT2D eigenvalue weighted by molar-refractivity contribution is 0.419. The Morgan fingerprint density at radius 2 is 2.06 bits per heavy atom. The summed E-state index contributed by atoms with van der Waals surface area (Å²) in [5, 5.41) is 1.38. The van der Waals surface area contributed by atoms with Crippen LogP contribution in [0.5, 0.6) is 5.75 Å². The Hall–Kier alpha value is -1.61. The number of methoxy groups -OCH3 is 1. The summed E-state index contributed by atoms with van der Waals surface area (Å²) in [7, 11) is 1.59. The standard InChI is InChI=1S/C13H14FNO/c1-16-13-8-9(5-6-15)7-11-10(13)3-2-4-12(11)14/h2-4,7-8H,5-6,15H2,1H3. The van der Waals surface area contributed by atoms with E-state index in [1.165, 1.54) is 6.07 Å². The van der Waals surface area contributed by atoms with Crippen molar-refractivity contribution in [3.63, 3.8) is 0 Å². The molecule has 2 N–H and O–H groups in total. The Morgan fingerprint density at radius 3 is 2.75 bits per heavy atom. The zero-order valence-electron chi connectivity index (χ0n) is 9.16. The molecule has 0 saturated carbocycles. The maximum absolute atomic E-state index is 13.6. The molecule has 0 aromatic heterocycles. The molecule has 0 aliphatic heterocycles. The van der Waals surface area contributed by atoms with Gasteiger partial charge in [0.15, 0.2) is 0 Å². The average molecular weight is 219 g/mol. The maximum atomic E-state index is 13.6. The maximum Gasteiger partial charge on any atom is 0.131 e. The zero-order valence-corrected chi connectivity index (χ0v) is 9.16. The highest BCUT2D eigenvalue weighted by Crippen LogP contribution is 2.29. The summed E-state index contributed by atoms with van der Waals surface area (Å²) < 4.78 is 18.9. The molecule has 0 heterocycles. The topological polar surface area (TPSA) is 35.2 Å². The summed E-state index contributed by atoms with van der Waals surface area (Å²) in [6, 6.07) is 8.73. The van der Waals surface area contributed by atoms with Crippen LogP contribution in [0.1, 0.15) is 5.56 Å². The molecular weight excluding hydrogens is 205 g/mol. The van der Waals surface area contributed by atoms with Crippen molar-refractivity contribution in [3.8, 4) is 5.75 Å². The summed E-state index contributed by atoms with van der Waals surface area (Å²) in [6.07, 6.45) is 0.723. The predicted octanol–water partition coefficient (Wildman–Crippen LogP) is 2.49. The van der Waals surface area contributed by atoms with E-state index in [9.17, 15) is 4.39 Å². The lowest BCUT2D eigenvalue weighted by Crippen LogP contribution is -2.03. The van der Waals surface area contributed by atoms with Crippen LogP contribution in [-0.4, -0.2) is 13.7 Å². The first kappa shape index (κ1) is 10.9. The summed E-state index contributed by atoms with van der Waals surface area (Å²) in [6.45, 7) is 0.545. The molecule has 3 heteroatoms. The minimum atomic E-state index is -0.227. The third kappa shape index (κ3) is 1.86. The zero-order chi connectivity index (χ0) is 11.5. The molecule has 0 unspecified atom stereocenters. The van der Waals surface area contributed by atoms with Crippen molar-refractivity contribution in [3.05, 3.63) is 41.7 Å². The van der Waals surface area contributed by atoms with Gasteiger partial charge in [-0.05, 0) is 36.7 Å². The third-order valence-electron chi connectivity index (χ3n) is 2.62. The fourth-order valence-electron chi connectivity index (χ4n) is 1.85. The fourth-order valence-corrected chi connectivity index (χ4v) is 1.85. The van der Waals surface area contributed by atoms with Gasteiger partial charge in [-0.3, -0.25) is 0 Å². The minimum absolute atomic E-state index is 0.227. The Labute approximate surface area is 93.8 Å². The monoisotopic (exact) mass is 219 g/mol. The molecule has 2 aromatic rings. The molecule has 0 fully saturated rings. The largest absolute Gasteiger partial charge is 0.496 e. The van der Waals surface area contributed by atoms with Crippen LogP contribution >= 0.6 is 0 Å². The van der Waals surface area contributed by atoms with E-state index in [0.717, 1.165) is 17.4 Å². The molecule has 2 aromatic carbocycles. The second kappa shape index (κ2) is 4.49. The van der Waals surface area contributed by atoms with Gasteiger partial charge in [0.1, 0.15) is 11.6 Å². The van der Waals surface area contributed by atoms with Gasteiger partial charge in [0.05, 0.1) is 7.11 Å². The van der Waals surface area contributed by atoms with Gasteiger partial charge in [-0.15, -0.1) is 0 Å². The Morgan fingerprint density at radius 1 is 1.25 bits per heavy atom. The van der Waals surface area contributed by atoms with Crippen molar-refractivity contribution in [2.45, 2.75) is 6.42 Å². The molecule has 0 amide bonds. The number of nitrogens with two attached hydrogens (primary N) is 1. The molecule has 16 heavy (non-hydrogen) atoms. The van der Waals surface area contributed by atoms with Crippen LogP contribution in [0.15, 0.2) is 30.3 Å². The Kier molecular flexibility index (Phi) is 3.06. The number of benzene rings is 2. The van der Waals surface area contributed by atoms with Gasteiger partial charge in [-0.2, -0.15) is 0 Å². The van der Waals surface area contributed by atoms with Crippen LogP contribution < -0.4 is 10.5 Å². The lowest BCUT2D eigenvalue weighted by atomic mass is 10.0. The molecular formula is C13H14FNO. The summed E-state index contributed by atoms with van der Waals surface area (Å²) >= 11 is 0. The number of halogens is 1. The van der Waals surface area contributed by atoms with Crippen LogP contribution in [0.3, 0.4) is 0 Å². The highest BCUT2D eigenvalue weighted by atomic mass is 19.1. The molecule has 0 radical (unpaired) electrons. The number of hydrogen-bond acceptors (Lipinski definition) is 2. The molecule has 0 spiro atoms. The van der Waals surface area contributed by atoms with Crippen molar-refractivity contribution < 1.29 is 9.13 Å². The smallest absolute Gasteiger partial charge is 0.131 e. The van der Waals surface area contributed by atoms with E-state index in [-0.39, 0.29) is 5.82 Å². The average Bonchev–Trinajstić information content (AvgIpc) is 2.30. The first-order valence-electron chi connectivity index (χ1n) is 5.21. The quantitative estimate of drug-likeness (QED) is 0.860. The fraction of sp³-hybridized carbons (Fsp3) is 0.231. The second-order valence-corrected chi connectivity index (χ2v) is 3.67. The van der Waals surface area contributed by atoms with Gasteiger partial charge in [0, 0.05) is 10.8 Å². The molecule has 0 saturated heterocycles. The van der Waals surface area contributed by atoms with Crippen LogP contribution in [-0.2, 0) is 6.42 Å². The molecule has 2 nitrogen and oxygen atoms in total. The SMILES string of the molecule is COc1cc(CCN)cc2c(F)cccc12. The minimum Gasteiger partial charge on any atom is -0.496 e. The Bertz CT molecular complexity index is 511. The van der Waals surface area contributed by atoms with Gasteiger partial charge in [-0.1, -0.05) is 12.1 Å². The van der Waals surface area contributed by atoms with Crippen LogP contribution in [0.4, 0.5) is 4.39 Å². The van der Waals surface area contributed by atoms with Crippen molar-refractivity contribution in [1.82, 2.24) is 0 Å². The van der Waals surface area contributed by atoms with Crippen molar-refractivity contribution in [2.75, 3.05) is 13.7 Å². The molecule has 0 aliphatic carbocycles. The number of rotatable bonds is 3. The van der Waals surface area contributed by atoms with Gasteiger partial charge in [-0.25, -0.2) is 4.39 Å². The summed E-state index contributed by atoms with van der Waals surface area (Å²) in [4.78, 5) is 0. The molecule has 0 bridgehead atoms. The van der Waals surface area contributed by atoms with E-state index < -0.39 is 0 Å². The highest BCUT2D eigenvalue weighted by Gasteiger charge is 2.07. The number of hydrogen-bond donors (Lipinski definition) is 1. The highest BCUT2D eigenvalue weighted by molar-refractivity contribution is 5.89. The van der Waals surface area contributed by atoms with E-state index in [0.29, 0.717) is 17.7 Å². The van der Waals surface area contributed by atoms with Crippen LogP contribution in [0.2, 0.25) is 0 Å². The molecule has 0 aliphatic rings. The van der Waals surface area contributed by atoms with E-state index in [4.69, 9.17) is 10.5 Å². The normalized spacial score (nSPS) is 10.7. The van der Waals surface area contributed by atoms with E-state index in [1.807, 2.05) is 18.2 Å². The van der Waals surface area contributed by atoms with Gasteiger partial charge >= 0.3 is 0 Å². The van der Waals surface area contributed by atoms with Gasteiger partial charge < -0.3 is 10.5 Å². The molecule has 84 valence electrons. The third-order valence-corrected chi connectivity index (χ3v) is 2.62. The Balaban J connectivity index is 2.69. The van der Waals surface area contributed by atoms with E-state index in [2.05, 4.69) is 0 Å². The number of ether oxygens (including phenoxy) is 1. The predicted molar refractivity (Wildman–Crippen MR) is 63.2 cm³/mol. The van der Waals surface area contributed by atoms with E-state index in [1.54, 1.807) is 13.2 Å². The van der Waals surface area contributed by atoms with Crippen molar-refractivity contribution in [2.24, 2.45) is 5.73 Å². The van der Waals surface area contributed by atoms with E-state index >= 15 is 0 Å². The van der Waals surface area contributed by atoms with Gasteiger partial charge in [0.25, 0.3) is 0 Å². The first-order chi connectivity index (χ1) is 7.76. The van der Waals surface area contributed by atoms with Gasteiger partial charge in [0.2, 0.25) is 0 Å². The molecule has 2 rings (SSSR count). The lowest BCUT2D eigenvalue weighted by Gasteiger charge is -2.09. The summed E-state index contributed by atoms with van der Waals surface area (Å²) in [5.74, 6) is 0.468. The second-order valence-electron chi connectivity index (χ2n) is 3.67. The summed E-state index contributed by atoms with van der Waals surface area (Å²) in [5.41, 5.74) is 6.50.